The van der Waals surface area contributed by atoms with Gasteiger partial charge in [0.05, 0.1) is 5.25 Å². The van der Waals surface area contributed by atoms with Gasteiger partial charge in [-0.15, -0.1) is 0 Å². The van der Waals surface area contributed by atoms with Crippen LogP contribution in [0.2, 0.25) is 0 Å². The van der Waals surface area contributed by atoms with Crippen LogP contribution in [0.15, 0.2) is 24.3 Å². The predicted molar refractivity (Wildman–Crippen MR) is 67.2 cm³/mol. The Morgan fingerprint density at radius 2 is 1.94 bits per heavy atom. The lowest BCUT2D eigenvalue weighted by Crippen LogP contribution is -2.37. The van der Waals surface area contributed by atoms with Crippen molar-refractivity contribution in [1.29, 1.82) is 0 Å². The number of hydrogen-bond acceptors (Lipinski definition) is 4. The van der Waals surface area contributed by atoms with Crippen LogP contribution in [0.1, 0.15) is 12.5 Å². The van der Waals surface area contributed by atoms with E-state index in [-0.39, 0.29) is 12.3 Å². The molecular formula is C11H18N2O3S. The maximum atomic E-state index is 11.6. The highest BCUT2D eigenvalue weighted by atomic mass is 32.2. The van der Waals surface area contributed by atoms with Gasteiger partial charge in [-0.05, 0) is 31.0 Å². The van der Waals surface area contributed by atoms with E-state index in [0.29, 0.717) is 13.0 Å². The highest BCUT2D eigenvalue weighted by molar-refractivity contribution is 7.90. The molecule has 1 aromatic carbocycles. The summed E-state index contributed by atoms with van der Waals surface area (Å²) < 4.78 is 25.7. The minimum atomic E-state index is -3.31. The molecule has 0 aliphatic rings. The van der Waals surface area contributed by atoms with Crippen LogP contribution in [0.5, 0.6) is 5.75 Å². The third-order valence-corrected chi connectivity index (χ3v) is 4.37. The quantitative estimate of drug-likeness (QED) is 0.679. The number of nitrogens with one attached hydrogen (secondary N) is 1. The second kappa shape index (κ2) is 6.00. The molecule has 96 valence electrons. The molecule has 0 aromatic heterocycles. The van der Waals surface area contributed by atoms with Gasteiger partial charge in [0.2, 0.25) is 10.0 Å². The molecule has 0 bridgehead atoms. The number of phenols is 1. The van der Waals surface area contributed by atoms with E-state index in [1.807, 2.05) is 0 Å². The van der Waals surface area contributed by atoms with Crippen molar-refractivity contribution in [3.8, 4) is 5.75 Å². The van der Waals surface area contributed by atoms with Crippen LogP contribution in [0.4, 0.5) is 0 Å². The summed E-state index contributed by atoms with van der Waals surface area (Å²) in [6, 6.07) is 6.67. The van der Waals surface area contributed by atoms with Gasteiger partial charge < -0.3 is 10.8 Å². The standard InChI is InChI=1S/C11H18N2O3S/c1-9(8-12)17(15,16)13-7-6-10-2-4-11(14)5-3-10/h2-5,9,13-14H,6-8,12H2,1H3. The van der Waals surface area contributed by atoms with Crippen molar-refractivity contribution in [3.05, 3.63) is 29.8 Å². The van der Waals surface area contributed by atoms with Crippen LogP contribution >= 0.6 is 0 Å². The summed E-state index contributed by atoms with van der Waals surface area (Å²) in [5.41, 5.74) is 6.27. The molecule has 4 N–H and O–H groups in total. The summed E-state index contributed by atoms with van der Waals surface area (Å²) in [5, 5.41) is 8.51. The molecule has 1 aromatic rings. The SMILES string of the molecule is CC(CN)S(=O)(=O)NCCc1ccc(O)cc1. The molecule has 0 radical (unpaired) electrons. The van der Waals surface area contributed by atoms with Crippen molar-refractivity contribution in [2.75, 3.05) is 13.1 Å². The summed E-state index contributed by atoms with van der Waals surface area (Å²) in [6.07, 6.45) is 0.580. The lowest BCUT2D eigenvalue weighted by molar-refractivity contribution is 0.475. The van der Waals surface area contributed by atoms with E-state index >= 15 is 0 Å². The fraction of sp³-hybridized carbons (Fsp3) is 0.455. The van der Waals surface area contributed by atoms with Crippen molar-refractivity contribution >= 4 is 10.0 Å². The number of rotatable bonds is 6. The normalized spacial score (nSPS) is 13.5. The first kappa shape index (κ1) is 14.0. The van der Waals surface area contributed by atoms with E-state index in [0.717, 1.165) is 5.56 Å². The van der Waals surface area contributed by atoms with Crippen LogP contribution in [-0.2, 0) is 16.4 Å². The summed E-state index contributed by atoms with van der Waals surface area (Å²) >= 11 is 0. The first-order valence-corrected chi connectivity index (χ1v) is 6.97. The Bertz CT molecular complexity index is 442. The molecule has 0 aliphatic carbocycles. The highest BCUT2D eigenvalue weighted by Crippen LogP contribution is 2.09. The van der Waals surface area contributed by atoms with Gasteiger partial charge in [-0.3, -0.25) is 0 Å². The predicted octanol–water partition coefficient (Wildman–Crippen LogP) is 0.201. The Kier molecular flexibility index (Phi) is 4.92. The van der Waals surface area contributed by atoms with Gasteiger partial charge in [0.25, 0.3) is 0 Å². The molecular weight excluding hydrogens is 240 g/mol. The van der Waals surface area contributed by atoms with Gasteiger partial charge in [0.1, 0.15) is 5.75 Å². The molecule has 1 atom stereocenters. The molecule has 17 heavy (non-hydrogen) atoms. The summed E-state index contributed by atoms with van der Waals surface area (Å²) in [4.78, 5) is 0. The summed E-state index contributed by atoms with van der Waals surface area (Å²) in [5.74, 6) is 0.200. The second-order valence-corrected chi connectivity index (χ2v) is 6.09. The Balaban J connectivity index is 2.45. The average molecular weight is 258 g/mol. The first-order valence-electron chi connectivity index (χ1n) is 5.42. The number of hydrogen-bond donors (Lipinski definition) is 3. The van der Waals surface area contributed by atoms with Gasteiger partial charge in [-0.2, -0.15) is 0 Å². The molecule has 0 amide bonds. The molecule has 0 saturated heterocycles. The van der Waals surface area contributed by atoms with Gasteiger partial charge >= 0.3 is 0 Å². The van der Waals surface area contributed by atoms with E-state index < -0.39 is 15.3 Å². The number of aromatic hydroxyl groups is 1. The Morgan fingerprint density at radius 3 is 2.47 bits per heavy atom. The van der Waals surface area contributed by atoms with Gasteiger partial charge in [-0.25, -0.2) is 13.1 Å². The second-order valence-electron chi connectivity index (χ2n) is 3.90. The summed E-state index contributed by atoms with van der Waals surface area (Å²) in [6.45, 7) is 2.01. The minimum absolute atomic E-state index is 0.106. The molecule has 6 heteroatoms. The highest BCUT2D eigenvalue weighted by Gasteiger charge is 2.17. The number of benzene rings is 1. The van der Waals surface area contributed by atoms with Crippen molar-refractivity contribution in [3.63, 3.8) is 0 Å². The fourth-order valence-electron chi connectivity index (χ4n) is 1.27. The smallest absolute Gasteiger partial charge is 0.215 e. The van der Waals surface area contributed by atoms with Gasteiger partial charge in [-0.1, -0.05) is 12.1 Å². The van der Waals surface area contributed by atoms with Crippen LogP contribution in [-0.4, -0.2) is 31.9 Å². The van der Waals surface area contributed by atoms with E-state index in [2.05, 4.69) is 4.72 Å². The van der Waals surface area contributed by atoms with Crippen molar-refractivity contribution in [1.82, 2.24) is 4.72 Å². The molecule has 0 saturated carbocycles. The molecule has 1 rings (SSSR count). The van der Waals surface area contributed by atoms with Crippen molar-refractivity contribution < 1.29 is 13.5 Å². The molecule has 0 aliphatic heterocycles. The number of sulfonamides is 1. The maximum Gasteiger partial charge on any atom is 0.215 e. The van der Waals surface area contributed by atoms with E-state index in [1.54, 1.807) is 31.2 Å². The van der Waals surface area contributed by atoms with Crippen LogP contribution in [0.3, 0.4) is 0 Å². The lowest BCUT2D eigenvalue weighted by Gasteiger charge is -2.11. The Hall–Kier alpha value is -1.11. The molecule has 0 heterocycles. The zero-order valence-corrected chi connectivity index (χ0v) is 10.6. The third kappa shape index (κ3) is 4.33. The Morgan fingerprint density at radius 1 is 1.35 bits per heavy atom. The molecule has 5 nitrogen and oxygen atoms in total. The van der Waals surface area contributed by atoms with Crippen LogP contribution in [0.25, 0.3) is 0 Å². The third-order valence-electron chi connectivity index (χ3n) is 2.51. The number of nitrogens with two attached hydrogens (primary N) is 1. The van der Waals surface area contributed by atoms with Gasteiger partial charge in [0.15, 0.2) is 0 Å². The van der Waals surface area contributed by atoms with Crippen molar-refractivity contribution in [2.45, 2.75) is 18.6 Å². The zero-order valence-electron chi connectivity index (χ0n) is 9.76. The van der Waals surface area contributed by atoms with Crippen LogP contribution < -0.4 is 10.5 Å². The zero-order chi connectivity index (χ0) is 12.9. The van der Waals surface area contributed by atoms with Crippen molar-refractivity contribution in [2.24, 2.45) is 5.73 Å². The number of phenolic OH excluding ortho intramolecular Hbond substituents is 1. The fourth-order valence-corrected chi connectivity index (χ4v) is 2.19. The Labute approximate surface area is 102 Å². The summed E-state index contributed by atoms with van der Waals surface area (Å²) in [7, 11) is -3.31. The monoisotopic (exact) mass is 258 g/mol. The average Bonchev–Trinajstić information content (AvgIpc) is 2.30. The molecule has 1 unspecified atom stereocenters. The molecule has 0 spiro atoms. The lowest BCUT2D eigenvalue weighted by atomic mass is 10.1. The minimum Gasteiger partial charge on any atom is -0.508 e. The topological polar surface area (TPSA) is 92.4 Å². The maximum absolute atomic E-state index is 11.6. The van der Waals surface area contributed by atoms with E-state index in [4.69, 9.17) is 10.8 Å². The first-order chi connectivity index (χ1) is 7.95. The van der Waals surface area contributed by atoms with Crippen LogP contribution in [0, 0.1) is 0 Å². The molecule has 0 fully saturated rings. The van der Waals surface area contributed by atoms with E-state index in [9.17, 15) is 8.42 Å². The van der Waals surface area contributed by atoms with E-state index in [1.165, 1.54) is 0 Å². The van der Waals surface area contributed by atoms with Gasteiger partial charge in [0, 0.05) is 13.1 Å². The largest absolute Gasteiger partial charge is 0.508 e.